The molecule has 1 unspecified atom stereocenters. The van der Waals surface area contributed by atoms with Gasteiger partial charge in [0.05, 0.1) is 17.6 Å². The molecule has 0 saturated carbocycles. The number of aromatic nitrogens is 1. The number of nitrogens with one attached hydrogen (secondary N) is 1. The van der Waals surface area contributed by atoms with E-state index in [0.29, 0.717) is 10.8 Å². The molecule has 3 nitrogen and oxygen atoms in total. The zero-order chi connectivity index (χ0) is 13.2. The van der Waals surface area contributed by atoms with Gasteiger partial charge in [-0.15, -0.1) is 0 Å². The summed E-state index contributed by atoms with van der Waals surface area (Å²) in [7, 11) is 1.96. The lowest BCUT2D eigenvalue weighted by Crippen LogP contribution is -2.43. The zero-order valence-electron chi connectivity index (χ0n) is 11.7. The molecule has 18 heavy (non-hydrogen) atoms. The first kappa shape index (κ1) is 13.7. The average Bonchev–Trinajstić information content (AvgIpc) is 2.37. The van der Waals surface area contributed by atoms with Gasteiger partial charge in [-0.3, -0.25) is 4.98 Å². The molecule has 0 radical (unpaired) electrons. The van der Waals surface area contributed by atoms with E-state index in [1.54, 1.807) is 0 Å². The summed E-state index contributed by atoms with van der Waals surface area (Å²) in [6.45, 7) is 8.98. The van der Waals surface area contributed by atoms with Gasteiger partial charge in [-0.05, 0) is 40.0 Å². The normalized spacial score (nSPS) is 20.8. The number of pyridine rings is 1. The summed E-state index contributed by atoms with van der Waals surface area (Å²) in [5, 5.41) is 3.21. The maximum Gasteiger partial charge on any atom is 0.0571 e. The Balaban J connectivity index is 2.09. The smallest absolute Gasteiger partial charge is 0.0571 e. The number of rotatable bonds is 3. The minimum atomic E-state index is 0.312. The van der Waals surface area contributed by atoms with Crippen molar-refractivity contribution in [1.82, 2.24) is 10.3 Å². The first-order valence-electron chi connectivity index (χ1n) is 6.54. The van der Waals surface area contributed by atoms with Crippen LogP contribution in [0.5, 0.6) is 0 Å². The SMILES string of the molecule is CNC(C)c1ccc(N2CCSC(C)(C)C2)cn1. The van der Waals surface area contributed by atoms with Gasteiger partial charge in [0, 0.05) is 29.6 Å². The van der Waals surface area contributed by atoms with Crippen LogP contribution in [0.4, 0.5) is 5.69 Å². The lowest BCUT2D eigenvalue weighted by atomic mass is 10.1. The molecule has 1 aliphatic heterocycles. The molecule has 1 N–H and O–H groups in total. The Morgan fingerprint density at radius 2 is 2.22 bits per heavy atom. The lowest BCUT2D eigenvalue weighted by molar-refractivity contribution is 0.628. The van der Waals surface area contributed by atoms with E-state index in [0.717, 1.165) is 18.8 Å². The van der Waals surface area contributed by atoms with E-state index in [4.69, 9.17) is 0 Å². The van der Waals surface area contributed by atoms with Gasteiger partial charge in [-0.25, -0.2) is 0 Å². The fourth-order valence-corrected chi connectivity index (χ4v) is 3.34. The average molecular weight is 265 g/mol. The number of thioether (sulfide) groups is 1. The van der Waals surface area contributed by atoms with Crippen LogP contribution in [0.1, 0.15) is 32.5 Å². The Bertz CT molecular complexity index is 389. The van der Waals surface area contributed by atoms with Crippen molar-refractivity contribution in [3.63, 3.8) is 0 Å². The monoisotopic (exact) mass is 265 g/mol. The van der Waals surface area contributed by atoms with Crippen molar-refractivity contribution >= 4 is 17.4 Å². The standard InChI is InChI=1S/C14H23N3S/c1-11(15-4)13-6-5-12(9-16-13)17-7-8-18-14(2,3)10-17/h5-6,9,11,15H,7-8,10H2,1-4H3. The highest BCUT2D eigenvalue weighted by molar-refractivity contribution is 8.00. The third kappa shape index (κ3) is 3.18. The van der Waals surface area contributed by atoms with Crippen LogP contribution in [0.3, 0.4) is 0 Å². The summed E-state index contributed by atoms with van der Waals surface area (Å²) >= 11 is 2.06. The van der Waals surface area contributed by atoms with Crippen LogP contribution in [-0.4, -0.2) is 35.6 Å². The molecular formula is C14H23N3S. The zero-order valence-corrected chi connectivity index (χ0v) is 12.5. The summed E-state index contributed by atoms with van der Waals surface area (Å²) in [6.07, 6.45) is 2.01. The van der Waals surface area contributed by atoms with Crippen LogP contribution in [0.15, 0.2) is 18.3 Å². The van der Waals surface area contributed by atoms with Crippen molar-refractivity contribution < 1.29 is 0 Å². The Labute approximate surface area is 114 Å². The highest BCUT2D eigenvalue weighted by Crippen LogP contribution is 2.32. The summed E-state index contributed by atoms with van der Waals surface area (Å²) in [4.78, 5) is 7.00. The Morgan fingerprint density at radius 3 is 2.78 bits per heavy atom. The quantitative estimate of drug-likeness (QED) is 0.909. The first-order chi connectivity index (χ1) is 8.52. The third-order valence-corrected chi connectivity index (χ3v) is 4.74. The van der Waals surface area contributed by atoms with Crippen molar-refractivity contribution in [2.24, 2.45) is 0 Å². The van der Waals surface area contributed by atoms with Crippen molar-refractivity contribution in [3.05, 3.63) is 24.0 Å². The molecule has 0 aliphatic carbocycles. The fraction of sp³-hybridized carbons (Fsp3) is 0.643. The summed E-state index contributed by atoms with van der Waals surface area (Å²) in [5.41, 5.74) is 2.35. The van der Waals surface area contributed by atoms with Crippen molar-refractivity contribution in [1.29, 1.82) is 0 Å². The molecule has 1 aliphatic rings. The molecule has 1 saturated heterocycles. The molecule has 0 amide bonds. The predicted octanol–water partition coefficient (Wildman–Crippen LogP) is 2.69. The van der Waals surface area contributed by atoms with Crippen LogP contribution in [0.25, 0.3) is 0 Å². The fourth-order valence-electron chi connectivity index (χ4n) is 2.23. The molecule has 4 heteroatoms. The molecule has 0 bridgehead atoms. The second kappa shape index (κ2) is 5.49. The Morgan fingerprint density at radius 1 is 1.44 bits per heavy atom. The predicted molar refractivity (Wildman–Crippen MR) is 80.5 cm³/mol. The van der Waals surface area contributed by atoms with Crippen LogP contribution >= 0.6 is 11.8 Å². The van der Waals surface area contributed by atoms with Crippen LogP contribution in [-0.2, 0) is 0 Å². The molecular weight excluding hydrogens is 242 g/mol. The van der Waals surface area contributed by atoms with E-state index < -0.39 is 0 Å². The number of nitrogens with zero attached hydrogens (tertiary/aromatic N) is 2. The number of anilines is 1. The molecule has 2 rings (SSSR count). The maximum absolute atomic E-state index is 4.56. The van der Waals surface area contributed by atoms with E-state index in [1.165, 1.54) is 11.4 Å². The van der Waals surface area contributed by atoms with E-state index >= 15 is 0 Å². The van der Waals surface area contributed by atoms with E-state index in [9.17, 15) is 0 Å². The van der Waals surface area contributed by atoms with Gasteiger partial charge in [0.15, 0.2) is 0 Å². The van der Waals surface area contributed by atoms with E-state index in [1.807, 2.05) is 13.2 Å². The molecule has 0 aromatic carbocycles. The third-order valence-electron chi connectivity index (χ3n) is 3.44. The Kier molecular flexibility index (Phi) is 4.17. The van der Waals surface area contributed by atoms with Crippen LogP contribution in [0, 0.1) is 0 Å². The maximum atomic E-state index is 4.56. The van der Waals surface area contributed by atoms with Gasteiger partial charge in [0.1, 0.15) is 0 Å². The lowest BCUT2D eigenvalue weighted by Gasteiger charge is -2.38. The summed E-state index contributed by atoms with van der Waals surface area (Å²) < 4.78 is 0.342. The van der Waals surface area contributed by atoms with Gasteiger partial charge in [0.25, 0.3) is 0 Å². The molecule has 1 atom stereocenters. The number of hydrogen-bond donors (Lipinski definition) is 1. The molecule has 100 valence electrons. The first-order valence-corrected chi connectivity index (χ1v) is 7.52. The van der Waals surface area contributed by atoms with Crippen molar-refractivity contribution in [3.8, 4) is 0 Å². The van der Waals surface area contributed by atoms with Crippen LogP contribution in [0.2, 0.25) is 0 Å². The molecule has 1 aromatic rings. The van der Waals surface area contributed by atoms with Crippen LogP contribution < -0.4 is 10.2 Å². The Hall–Kier alpha value is -0.740. The van der Waals surface area contributed by atoms with Crippen molar-refractivity contribution in [2.75, 3.05) is 30.8 Å². The minimum Gasteiger partial charge on any atom is -0.368 e. The topological polar surface area (TPSA) is 28.2 Å². The van der Waals surface area contributed by atoms with Gasteiger partial charge in [0.2, 0.25) is 0 Å². The highest BCUT2D eigenvalue weighted by atomic mass is 32.2. The van der Waals surface area contributed by atoms with Gasteiger partial charge < -0.3 is 10.2 Å². The summed E-state index contributed by atoms with van der Waals surface area (Å²) in [6, 6.07) is 4.64. The van der Waals surface area contributed by atoms with Crippen molar-refractivity contribution in [2.45, 2.75) is 31.6 Å². The number of hydrogen-bond acceptors (Lipinski definition) is 4. The second-order valence-electron chi connectivity index (χ2n) is 5.48. The largest absolute Gasteiger partial charge is 0.368 e. The molecule has 1 aromatic heterocycles. The van der Waals surface area contributed by atoms with Gasteiger partial charge >= 0.3 is 0 Å². The molecule has 1 fully saturated rings. The van der Waals surface area contributed by atoms with E-state index in [-0.39, 0.29) is 0 Å². The minimum absolute atomic E-state index is 0.312. The van der Waals surface area contributed by atoms with Gasteiger partial charge in [-0.1, -0.05) is 0 Å². The van der Waals surface area contributed by atoms with E-state index in [2.05, 4.69) is 59.9 Å². The molecule has 2 heterocycles. The second-order valence-corrected chi connectivity index (χ2v) is 7.28. The molecule has 0 spiro atoms. The van der Waals surface area contributed by atoms with Gasteiger partial charge in [-0.2, -0.15) is 11.8 Å². The highest BCUT2D eigenvalue weighted by Gasteiger charge is 2.27. The summed E-state index contributed by atoms with van der Waals surface area (Å²) in [5.74, 6) is 1.20.